The van der Waals surface area contributed by atoms with E-state index in [1.54, 1.807) is 0 Å². The molecule has 2 aliphatic carbocycles. The van der Waals surface area contributed by atoms with E-state index < -0.39 is 0 Å². The lowest BCUT2D eigenvalue weighted by Crippen LogP contribution is -2.27. The second kappa shape index (κ2) is 3.78. The molecule has 0 aromatic heterocycles. The van der Waals surface area contributed by atoms with Crippen LogP contribution in [0.3, 0.4) is 0 Å². The fourth-order valence-corrected chi connectivity index (χ4v) is 2.15. The summed E-state index contributed by atoms with van der Waals surface area (Å²) in [6, 6.07) is 0.907. The first kappa shape index (κ1) is 8.55. The minimum Gasteiger partial charge on any atom is -0.314 e. The maximum atomic E-state index is 3.64. The van der Waals surface area contributed by atoms with Gasteiger partial charge < -0.3 is 5.32 Å². The summed E-state index contributed by atoms with van der Waals surface area (Å²) in [5, 5.41) is 3.64. The van der Waals surface area contributed by atoms with Crippen molar-refractivity contribution in [3.63, 3.8) is 0 Å². The number of rotatable bonds is 3. The standard InChI is InChI=1S/C11H21N/c1-9-2-4-10(5-3-9)8-12-11-6-7-11/h9-12H,2-8H2,1H3. The zero-order valence-electron chi connectivity index (χ0n) is 8.18. The van der Waals surface area contributed by atoms with Crippen LogP contribution in [0.5, 0.6) is 0 Å². The third-order valence-electron chi connectivity index (χ3n) is 3.41. The van der Waals surface area contributed by atoms with Gasteiger partial charge in [0.2, 0.25) is 0 Å². The van der Waals surface area contributed by atoms with Crippen molar-refractivity contribution in [2.75, 3.05) is 6.54 Å². The molecule has 1 heteroatoms. The summed E-state index contributed by atoms with van der Waals surface area (Å²) < 4.78 is 0. The molecule has 70 valence electrons. The molecule has 0 aromatic rings. The van der Waals surface area contributed by atoms with Crippen LogP contribution >= 0.6 is 0 Å². The zero-order chi connectivity index (χ0) is 8.39. The molecule has 2 aliphatic rings. The zero-order valence-corrected chi connectivity index (χ0v) is 8.18. The molecule has 0 heterocycles. The quantitative estimate of drug-likeness (QED) is 0.681. The lowest BCUT2D eigenvalue weighted by atomic mass is 9.83. The third-order valence-corrected chi connectivity index (χ3v) is 3.41. The van der Waals surface area contributed by atoms with Gasteiger partial charge in [-0.25, -0.2) is 0 Å². The van der Waals surface area contributed by atoms with Crippen molar-refractivity contribution in [2.24, 2.45) is 11.8 Å². The number of hydrogen-bond donors (Lipinski definition) is 1. The predicted molar refractivity (Wildman–Crippen MR) is 52.1 cm³/mol. The number of nitrogens with one attached hydrogen (secondary N) is 1. The van der Waals surface area contributed by atoms with Crippen LogP contribution in [0.2, 0.25) is 0 Å². The van der Waals surface area contributed by atoms with E-state index in [0.29, 0.717) is 0 Å². The Morgan fingerprint density at radius 1 is 1.00 bits per heavy atom. The first-order chi connectivity index (χ1) is 5.84. The molecular formula is C11H21N. The van der Waals surface area contributed by atoms with E-state index in [2.05, 4.69) is 12.2 Å². The number of hydrogen-bond acceptors (Lipinski definition) is 1. The van der Waals surface area contributed by atoms with Crippen molar-refractivity contribution in [1.29, 1.82) is 0 Å². The highest BCUT2D eigenvalue weighted by Crippen LogP contribution is 2.28. The van der Waals surface area contributed by atoms with Gasteiger partial charge in [-0.2, -0.15) is 0 Å². The largest absolute Gasteiger partial charge is 0.314 e. The molecule has 1 nitrogen and oxygen atoms in total. The fourth-order valence-electron chi connectivity index (χ4n) is 2.15. The fraction of sp³-hybridized carbons (Fsp3) is 1.00. The molecule has 2 saturated carbocycles. The summed E-state index contributed by atoms with van der Waals surface area (Å²) in [5.74, 6) is 2.00. The monoisotopic (exact) mass is 167 g/mol. The van der Waals surface area contributed by atoms with Crippen molar-refractivity contribution in [3.05, 3.63) is 0 Å². The second-order valence-electron chi connectivity index (χ2n) is 4.81. The molecular weight excluding hydrogens is 146 g/mol. The lowest BCUT2D eigenvalue weighted by molar-refractivity contribution is 0.281. The molecule has 0 bridgehead atoms. The van der Waals surface area contributed by atoms with Crippen molar-refractivity contribution >= 4 is 0 Å². The van der Waals surface area contributed by atoms with Crippen LogP contribution in [0.25, 0.3) is 0 Å². The Morgan fingerprint density at radius 3 is 2.25 bits per heavy atom. The molecule has 2 rings (SSSR count). The molecule has 0 saturated heterocycles. The summed E-state index contributed by atoms with van der Waals surface area (Å²) >= 11 is 0. The molecule has 0 aromatic carbocycles. The summed E-state index contributed by atoms with van der Waals surface area (Å²) in [6.45, 7) is 3.70. The Hall–Kier alpha value is -0.0400. The van der Waals surface area contributed by atoms with Gasteiger partial charge in [-0.15, -0.1) is 0 Å². The van der Waals surface area contributed by atoms with Crippen LogP contribution in [0.1, 0.15) is 45.4 Å². The molecule has 0 unspecified atom stereocenters. The first-order valence-corrected chi connectivity index (χ1v) is 5.58. The van der Waals surface area contributed by atoms with Gasteiger partial charge in [-0.05, 0) is 44.1 Å². The van der Waals surface area contributed by atoms with Gasteiger partial charge in [0.15, 0.2) is 0 Å². The summed E-state index contributed by atoms with van der Waals surface area (Å²) in [5.41, 5.74) is 0. The van der Waals surface area contributed by atoms with E-state index in [1.807, 2.05) is 0 Å². The lowest BCUT2D eigenvalue weighted by Gasteiger charge is -2.26. The van der Waals surface area contributed by atoms with Crippen LogP contribution in [0.15, 0.2) is 0 Å². The van der Waals surface area contributed by atoms with E-state index in [-0.39, 0.29) is 0 Å². The molecule has 2 fully saturated rings. The van der Waals surface area contributed by atoms with Gasteiger partial charge in [0.05, 0.1) is 0 Å². The Morgan fingerprint density at radius 2 is 1.67 bits per heavy atom. The normalized spacial score (nSPS) is 36.8. The average molecular weight is 167 g/mol. The van der Waals surface area contributed by atoms with Crippen LogP contribution in [-0.2, 0) is 0 Å². The van der Waals surface area contributed by atoms with Crippen molar-refractivity contribution < 1.29 is 0 Å². The van der Waals surface area contributed by atoms with E-state index in [4.69, 9.17) is 0 Å². The highest BCUT2D eigenvalue weighted by atomic mass is 14.9. The Balaban J connectivity index is 1.60. The van der Waals surface area contributed by atoms with E-state index >= 15 is 0 Å². The molecule has 1 N–H and O–H groups in total. The van der Waals surface area contributed by atoms with Crippen LogP contribution < -0.4 is 5.32 Å². The molecule has 0 atom stereocenters. The van der Waals surface area contributed by atoms with Gasteiger partial charge in [0.1, 0.15) is 0 Å². The molecule has 0 aliphatic heterocycles. The second-order valence-corrected chi connectivity index (χ2v) is 4.81. The summed E-state index contributed by atoms with van der Waals surface area (Å²) in [7, 11) is 0. The smallest absolute Gasteiger partial charge is 0.00683 e. The SMILES string of the molecule is CC1CCC(CNC2CC2)CC1. The van der Waals surface area contributed by atoms with Crippen LogP contribution in [-0.4, -0.2) is 12.6 Å². The van der Waals surface area contributed by atoms with Gasteiger partial charge in [0.25, 0.3) is 0 Å². The van der Waals surface area contributed by atoms with Gasteiger partial charge in [-0.1, -0.05) is 19.8 Å². The maximum absolute atomic E-state index is 3.64. The minimum absolute atomic E-state index is 0.907. The van der Waals surface area contributed by atoms with Gasteiger partial charge >= 0.3 is 0 Å². The topological polar surface area (TPSA) is 12.0 Å². The molecule has 0 amide bonds. The van der Waals surface area contributed by atoms with Crippen LogP contribution in [0.4, 0.5) is 0 Å². The van der Waals surface area contributed by atoms with Crippen molar-refractivity contribution in [2.45, 2.75) is 51.5 Å². The van der Waals surface area contributed by atoms with E-state index in [0.717, 1.165) is 17.9 Å². The van der Waals surface area contributed by atoms with E-state index in [1.165, 1.54) is 45.1 Å². The van der Waals surface area contributed by atoms with Gasteiger partial charge in [-0.3, -0.25) is 0 Å². The first-order valence-electron chi connectivity index (χ1n) is 5.58. The Labute approximate surface area is 75.9 Å². The summed E-state index contributed by atoms with van der Waals surface area (Å²) in [4.78, 5) is 0. The third kappa shape index (κ3) is 2.48. The van der Waals surface area contributed by atoms with Gasteiger partial charge in [0, 0.05) is 6.04 Å². The minimum atomic E-state index is 0.907. The highest BCUT2D eigenvalue weighted by Gasteiger charge is 2.23. The van der Waals surface area contributed by atoms with Crippen molar-refractivity contribution in [1.82, 2.24) is 5.32 Å². The summed E-state index contributed by atoms with van der Waals surface area (Å²) in [6.07, 6.45) is 8.75. The van der Waals surface area contributed by atoms with Crippen molar-refractivity contribution in [3.8, 4) is 0 Å². The maximum Gasteiger partial charge on any atom is 0.00683 e. The average Bonchev–Trinajstić information content (AvgIpc) is 2.87. The molecule has 0 spiro atoms. The molecule has 12 heavy (non-hydrogen) atoms. The Kier molecular flexibility index (Phi) is 2.69. The molecule has 0 radical (unpaired) electrons. The Bertz CT molecular complexity index is 132. The predicted octanol–water partition coefficient (Wildman–Crippen LogP) is 2.56. The van der Waals surface area contributed by atoms with Crippen LogP contribution in [0, 0.1) is 11.8 Å². The van der Waals surface area contributed by atoms with E-state index in [9.17, 15) is 0 Å². The highest BCUT2D eigenvalue weighted by molar-refractivity contribution is 4.82.